The molecule has 1 heterocycles. The quantitative estimate of drug-likeness (QED) is 0.747. The second-order valence-corrected chi connectivity index (χ2v) is 4.86. The van der Waals surface area contributed by atoms with Crippen LogP contribution in [0.5, 0.6) is 0 Å². The van der Waals surface area contributed by atoms with Crippen LogP contribution in [0.3, 0.4) is 0 Å². The minimum Gasteiger partial charge on any atom is -0.479 e. The maximum Gasteiger partial charge on any atom is 0.408 e. The molecule has 1 aliphatic heterocycles. The topological polar surface area (TPSA) is 104 Å². The molecule has 2 rings (SSSR count). The number of likely N-dealkylation sites (tertiary alicyclic amines) is 1. The molecule has 0 radical (unpaired) electrons. The van der Waals surface area contributed by atoms with Gasteiger partial charge >= 0.3 is 12.1 Å². The van der Waals surface area contributed by atoms with Gasteiger partial charge in [-0.3, -0.25) is 4.90 Å². The van der Waals surface area contributed by atoms with E-state index in [2.05, 4.69) is 0 Å². The first kappa shape index (κ1) is 13.4. The molecule has 6 nitrogen and oxygen atoms in total. The first-order valence-electron chi connectivity index (χ1n) is 5.99. The SMILES string of the molecule is NC1CN(C(=O)O)C(Cc2ccccc2)(C(=O)O)C1. The van der Waals surface area contributed by atoms with E-state index in [-0.39, 0.29) is 19.4 Å². The molecule has 1 fully saturated rings. The predicted molar refractivity (Wildman–Crippen MR) is 67.8 cm³/mol. The summed E-state index contributed by atoms with van der Waals surface area (Å²) in [6, 6.07) is 8.54. The molecule has 2 atom stereocenters. The largest absolute Gasteiger partial charge is 0.479 e. The Morgan fingerprint density at radius 1 is 1.32 bits per heavy atom. The van der Waals surface area contributed by atoms with Gasteiger partial charge in [-0.15, -0.1) is 0 Å². The monoisotopic (exact) mass is 264 g/mol. The molecule has 0 spiro atoms. The van der Waals surface area contributed by atoms with Gasteiger partial charge in [-0.25, -0.2) is 9.59 Å². The van der Waals surface area contributed by atoms with Crippen LogP contribution >= 0.6 is 0 Å². The normalized spacial score (nSPS) is 26.4. The van der Waals surface area contributed by atoms with Crippen molar-refractivity contribution in [2.24, 2.45) is 5.73 Å². The first-order valence-corrected chi connectivity index (χ1v) is 5.99. The van der Waals surface area contributed by atoms with Crippen LogP contribution in [-0.4, -0.2) is 45.3 Å². The van der Waals surface area contributed by atoms with Gasteiger partial charge in [0.1, 0.15) is 5.54 Å². The lowest BCUT2D eigenvalue weighted by Gasteiger charge is -2.32. The summed E-state index contributed by atoms with van der Waals surface area (Å²) >= 11 is 0. The number of nitrogens with two attached hydrogens (primary N) is 1. The number of hydrogen-bond acceptors (Lipinski definition) is 3. The van der Waals surface area contributed by atoms with E-state index in [4.69, 9.17) is 5.73 Å². The zero-order chi connectivity index (χ0) is 14.0. The number of carbonyl (C=O) groups is 2. The molecule has 19 heavy (non-hydrogen) atoms. The van der Waals surface area contributed by atoms with Crippen molar-refractivity contribution in [1.82, 2.24) is 4.90 Å². The molecule has 0 aliphatic carbocycles. The number of amides is 1. The number of carboxylic acids is 1. The van der Waals surface area contributed by atoms with Gasteiger partial charge < -0.3 is 15.9 Å². The number of carboxylic acid groups (broad SMARTS) is 2. The Hall–Kier alpha value is -2.08. The highest BCUT2D eigenvalue weighted by Gasteiger charge is 2.53. The van der Waals surface area contributed by atoms with Crippen molar-refractivity contribution in [1.29, 1.82) is 0 Å². The first-order chi connectivity index (χ1) is 8.95. The molecule has 1 aromatic rings. The lowest BCUT2D eigenvalue weighted by molar-refractivity contribution is -0.148. The maximum atomic E-state index is 11.6. The van der Waals surface area contributed by atoms with Crippen molar-refractivity contribution < 1.29 is 19.8 Å². The summed E-state index contributed by atoms with van der Waals surface area (Å²) in [5.41, 5.74) is 5.08. The number of benzene rings is 1. The fraction of sp³-hybridized carbons (Fsp3) is 0.385. The molecule has 0 aromatic heterocycles. The predicted octanol–water partition coefficient (Wildman–Crippen LogP) is 0.763. The van der Waals surface area contributed by atoms with Crippen molar-refractivity contribution in [3.63, 3.8) is 0 Å². The van der Waals surface area contributed by atoms with Crippen LogP contribution in [0.1, 0.15) is 12.0 Å². The Balaban J connectivity index is 2.37. The van der Waals surface area contributed by atoms with E-state index in [0.717, 1.165) is 10.5 Å². The van der Waals surface area contributed by atoms with E-state index >= 15 is 0 Å². The summed E-state index contributed by atoms with van der Waals surface area (Å²) in [6.07, 6.45) is -0.988. The molecule has 4 N–H and O–H groups in total. The van der Waals surface area contributed by atoms with Crippen LogP contribution < -0.4 is 5.73 Å². The van der Waals surface area contributed by atoms with Crippen LogP contribution in [0.2, 0.25) is 0 Å². The van der Waals surface area contributed by atoms with Gasteiger partial charge in [0.2, 0.25) is 0 Å². The molecule has 1 saturated heterocycles. The maximum absolute atomic E-state index is 11.6. The number of rotatable bonds is 3. The molecular weight excluding hydrogens is 248 g/mol. The van der Waals surface area contributed by atoms with Crippen molar-refractivity contribution in [3.8, 4) is 0 Å². The molecule has 0 bridgehead atoms. The lowest BCUT2D eigenvalue weighted by Crippen LogP contribution is -2.54. The smallest absolute Gasteiger partial charge is 0.408 e. The summed E-state index contributed by atoms with van der Waals surface area (Å²) in [5.74, 6) is -1.15. The lowest BCUT2D eigenvalue weighted by atomic mass is 9.87. The van der Waals surface area contributed by atoms with E-state index in [0.29, 0.717) is 0 Å². The van der Waals surface area contributed by atoms with E-state index in [1.54, 1.807) is 24.3 Å². The average Bonchev–Trinajstić information content (AvgIpc) is 2.69. The van der Waals surface area contributed by atoms with Gasteiger partial charge in [-0.05, 0) is 12.0 Å². The molecule has 1 aromatic carbocycles. The van der Waals surface area contributed by atoms with E-state index < -0.39 is 23.6 Å². The highest BCUT2D eigenvalue weighted by molar-refractivity contribution is 5.85. The molecule has 1 aliphatic rings. The highest BCUT2D eigenvalue weighted by atomic mass is 16.4. The van der Waals surface area contributed by atoms with Crippen molar-refractivity contribution in [2.45, 2.75) is 24.4 Å². The molecule has 0 saturated carbocycles. The Bertz CT molecular complexity index is 491. The average molecular weight is 264 g/mol. The molecule has 102 valence electrons. The molecule has 6 heteroatoms. The zero-order valence-corrected chi connectivity index (χ0v) is 10.3. The molecule has 1 amide bonds. The van der Waals surface area contributed by atoms with Gasteiger partial charge in [0.05, 0.1) is 0 Å². The van der Waals surface area contributed by atoms with Crippen molar-refractivity contribution >= 4 is 12.1 Å². The third-order valence-electron chi connectivity index (χ3n) is 3.50. The summed E-state index contributed by atoms with van der Waals surface area (Å²) in [4.78, 5) is 23.8. The molecule has 2 unspecified atom stereocenters. The van der Waals surface area contributed by atoms with E-state index in [9.17, 15) is 19.8 Å². The van der Waals surface area contributed by atoms with Gasteiger partial charge in [0.25, 0.3) is 0 Å². The second kappa shape index (κ2) is 4.89. The van der Waals surface area contributed by atoms with Crippen LogP contribution in [0.4, 0.5) is 4.79 Å². The zero-order valence-electron chi connectivity index (χ0n) is 10.3. The Morgan fingerprint density at radius 3 is 2.47 bits per heavy atom. The highest BCUT2D eigenvalue weighted by Crippen LogP contribution is 2.32. The van der Waals surface area contributed by atoms with Gasteiger partial charge in [0.15, 0.2) is 0 Å². The summed E-state index contributed by atoms with van der Waals surface area (Å²) < 4.78 is 0. The summed E-state index contributed by atoms with van der Waals surface area (Å²) in [5, 5.41) is 18.7. The van der Waals surface area contributed by atoms with Gasteiger partial charge in [0, 0.05) is 19.0 Å². The Morgan fingerprint density at radius 2 is 1.95 bits per heavy atom. The van der Waals surface area contributed by atoms with Gasteiger partial charge in [-0.2, -0.15) is 0 Å². The fourth-order valence-corrected chi connectivity index (χ4v) is 2.66. The Kier molecular flexibility index (Phi) is 3.44. The summed E-state index contributed by atoms with van der Waals surface area (Å²) in [6.45, 7) is 0.0501. The van der Waals surface area contributed by atoms with E-state index in [1.807, 2.05) is 6.07 Å². The molecular formula is C13H16N2O4. The second-order valence-electron chi connectivity index (χ2n) is 4.86. The number of aliphatic carboxylic acids is 1. The third kappa shape index (κ3) is 2.39. The van der Waals surface area contributed by atoms with Crippen molar-refractivity contribution in [2.75, 3.05) is 6.54 Å². The van der Waals surface area contributed by atoms with Crippen LogP contribution in [0, 0.1) is 0 Å². The van der Waals surface area contributed by atoms with Gasteiger partial charge in [-0.1, -0.05) is 30.3 Å². The van der Waals surface area contributed by atoms with Crippen LogP contribution in [0.25, 0.3) is 0 Å². The van der Waals surface area contributed by atoms with Crippen molar-refractivity contribution in [3.05, 3.63) is 35.9 Å². The number of nitrogens with zero attached hydrogens (tertiary/aromatic N) is 1. The minimum absolute atomic E-state index is 0.0501. The third-order valence-corrected chi connectivity index (χ3v) is 3.50. The van der Waals surface area contributed by atoms with Crippen LogP contribution in [0.15, 0.2) is 30.3 Å². The fourth-order valence-electron chi connectivity index (χ4n) is 2.66. The van der Waals surface area contributed by atoms with E-state index in [1.165, 1.54) is 0 Å². The van der Waals surface area contributed by atoms with Crippen LogP contribution in [-0.2, 0) is 11.2 Å². The summed E-state index contributed by atoms with van der Waals surface area (Å²) in [7, 11) is 0. The Labute approximate surface area is 110 Å². The minimum atomic E-state index is -1.47. The standard InChI is InChI=1S/C13H16N2O4/c14-10-7-13(11(16)17,15(8-10)12(18)19)6-9-4-2-1-3-5-9/h1-5,10H,6-8,14H2,(H,16,17)(H,18,19). The number of hydrogen-bond donors (Lipinski definition) is 3.